The molecule has 27 heavy (non-hydrogen) atoms. The summed E-state index contributed by atoms with van der Waals surface area (Å²) in [5.41, 5.74) is 3.99. The van der Waals surface area contributed by atoms with Gasteiger partial charge < -0.3 is 0 Å². The number of pyridine rings is 1. The van der Waals surface area contributed by atoms with E-state index in [4.69, 9.17) is 0 Å². The van der Waals surface area contributed by atoms with Crippen molar-refractivity contribution < 1.29 is 4.79 Å². The van der Waals surface area contributed by atoms with E-state index in [0.29, 0.717) is 6.54 Å². The maximum Gasteiger partial charge on any atom is 0.168 e. The smallest absolute Gasteiger partial charge is 0.168 e. The summed E-state index contributed by atoms with van der Waals surface area (Å²) < 4.78 is 0. The molecule has 4 rings (SSSR count). The summed E-state index contributed by atoms with van der Waals surface area (Å²) in [6.45, 7) is 2.21. The number of Topliss-reactive ketones (excluding diaryl/α,β-unsaturated/α-hetero) is 1. The molecule has 134 valence electrons. The van der Waals surface area contributed by atoms with Gasteiger partial charge in [-0.3, -0.25) is 14.7 Å². The van der Waals surface area contributed by atoms with Crippen molar-refractivity contribution in [2.24, 2.45) is 0 Å². The molecule has 0 saturated carbocycles. The molecule has 1 unspecified atom stereocenters. The molecule has 3 heteroatoms. The van der Waals surface area contributed by atoms with Crippen molar-refractivity contribution >= 4 is 11.9 Å². The summed E-state index contributed by atoms with van der Waals surface area (Å²) in [5, 5.41) is 0. The van der Waals surface area contributed by atoms with Gasteiger partial charge in [-0.2, -0.15) is 0 Å². The zero-order chi connectivity index (χ0) is 18.5. The van der Waals surface area contributed by atoms with Crippen LogP contribution in [0, 0.1) is 0 Å². The van der Waals surface area contributed by atoms with Crippen LogP contribution in [0.15, 0.2) is 90.6 Å². The molecule has 0 spiro atoms. The zero-order valence-electron chi connectivity index (χ0n) is 15.2. The van der Waals surface area contributed by atoms with Crippen molar-refractivity contribution in [2.45, 2.75) is 12.5 Å². The van der Waals surface area contributed by atoms with E-state index in [1.807, 2.05) is 60.7 Å². The Hall–Kier alpha value is -3.04. The van der Waals surface area contributed by atoms with E-state index in [1.54, 1.807) is 6.20 Å². The first-order valence-corrected chi connectivity index (χ1v) is 9.26. The minimum absolute atomic E-state index is 0.140. The molecule has 1 saturated heterocycles. The van der Waals surface area contributed by atoms with Crippen LogP contribution in [0.25, 0.3) is 6.08 Å². The minimum Gasteiger partial charge on any atom is -0.294 e. The number of aromatic nitrogens is 1. The van der Waals surface area contributed by atoms with Gasteiger partial charge in [-0.1, -0.05) is 66.7 Å². The molecule has 0 amide bonds. The van der Waals surface area contributed by atoms with Gasteiger partial charge >= 0.3 is 0 Å². The maximum atomic E-state index is 13.2. The highest BCUT2D eigenvalue weighted by molar-refractivity contribution is 6.05. The van der Waals surface area contributed by atoms with E-state index < -0.39 is 0 Å². The Morgan fingerprint density at radius 2 is 1.63 bits per heavy atom. The van der Waals surface area contributed by atoms with E-state index in [0.717, 1.165) is 29.9 Å². The maximum absolute atomic E-state index is 13.2. The van der Waals surface area contributed by atoms with Crippen LogP contribution in [-0.4, -0.2) is 28.8 Å². The van der Waals surface area contributed by atoms with Gasteiger partial charge in [-0.25, -0.2) is 0 Å². The first-order valence-electron chi connectivity index (χ1n) is 9.26. The third kappa shape index (κ3) is 4.21. The number of piperidine rings is 1. The molecule has 0 N–H and O–H groups in total. The van der Waals surface area contributed by atoms with Crippen molar-refractivity contribution in [3.05, 3.63) is 107 Å². The first-order chi connectivity index (χ1) is 13.3. The van der Waals surface area contributed by atoms with Crippen LogP contribution >= 0.6 is 0 Å². The van der Waals surface area contributed by atoms with Crippen molar-refractivity contribution in [3.63, 3.8) is 0 Å². The van der Waals surface area contributed by atoms with Crippen LogP contribution in [0.2, 0.25) is 0 Å². The summed E-state index contributed by atoms with van der Waals surface area (Å²) in [6.07, 6.45) is 3.70. The Kier molecular flexibility index (Phi) is 5.22. The van der Waals surface area contributed by atoms with Gasteiger partial charge in [0.15, 0.2) is 5.78 Å². The van der Waals surface area contributed by atoms with Gasteiger partial charge in [0.1, 0.15) is 0 Å². The minimum atomic E-state index is -0.140. The number of hydrogen-bond acceptors (Lipinski definition) is 3. The molecule has 1 aliphatic heterocycles. The van der Waals surface area contributed by atoms with E-state index >= 15 is 0 Å². The van der Waals surface area contributed by atoms with Gasteiger partial charge in [0, 0.05) is 31.4 Å². The first kappa shape index (κ1) is 17.4. The summed E-state index contributed by atoms with van der Waals surface area (Å²) in [7, 11) is 0. The summed E-state index contributed by atoms with van der Waals surface area (Å²) in [5.74, 6) is 0.0646. The van der Waals surface area contributed by atoms with Crippen LogP contribution in [-0.2, 0) is 11.3 Å². The highest BCUT2D eigenvalue weighted by Gasteiger charge is 2.32. The average molecular weight is 354 g/mol. The molecule has 2 aromatic carbocycles. The fraction of sp³-hybridized carbons (Fsp3) is 0.167. The van der Waals surface area contributed by atoms with Crippen molar-refractivity contribution in [1.29, 1.82) is 0 Å². The standard InChI is InChI=1S/C24H22N2O/c27-24-21(15-22-13-7-8-14-25-22)17-26(16-19-9-3-1-4-10-19)18-23(24)20-11-5-2-6-12-20/h1-15,23H,16-18H2. The fourth-order valence-corrected chi connectivity index (χ4v) is 3.61. The zero-order valence-corrected chi connectivity index (χ0v) is 15.2. The lowest BCUT2D eigenvalue weighted by molar-refractivity contribution is -0.119. The number of likely N-dealkylation sites (tertiary alicyclic amines) is 1. The van der Waals surface area contributed by atoms with Gasteiger partial charge in [0.05, 0.1) is 11.6 Å². The predicted molar refractivity (Wildman–Crippen MR) is 108 cm³/mol. The lowest BCUT2D eigenvalue weighted by Gasteiger charge is -2.33. The molecule has 1 atom stereocenters. The van der Waals surface area contributed by atoms with Gasteiger partial charge in [-0.05, 0) is 29.3 Å². The number of hydrogen-bond donors (Lipinski definition) is 0. The van der Waals surface area contributed by atoms with Crippen molar-refractivity contribution in [3.8, 4) is 0 Å². The Bertz CT molecular complexity index is 920. The lowest BCUT2D eigenvalue weighted by Crippen LogP contribution is -2.40. The molecule has 1 fully saturated rings. The SMILES string of the molecule is O=C1C(=Cc2ccccn2)CN(Cc2ccccc2)CC1c1ccccc1. The van der Waals surface area contributed by atoms with Crippen molar-refractivity contribution in [2.75, 3.05) is 13.1 Å². The van der Waals surface area contributed by atoms with Crippen LogP contribution in [0.1, 0.15) is 22.7 Å². The second kappa shape index (κ2) is 8.11. The molecule has 1 aromatic heterocycles. The number of rotatable bonds is 4. The second-order valence-electron chi connectivity index (χ2n) is 6.91. The number of nitrogens with zero attached hydrogens (tertiary/aromatic N) is 2. The van der Waals surface area contributed by atoms with Gasteiger partial charge in [-0.15, -0.1) is 0 Å². The molecule has 0 radical (unpaired) electrons. The topological polar surface area (TPSA) is 33.2 Å². The third-order valence-electron chi connectivity index (χ3n) is 4.93. The monoisotopic (exact) mass is 354 g/mol. The molecule has 3 nitrogen and oxygen atoms in total. The molecule has 0 bridgehead atoms. The summed E-state index contributed by atoms with van der Waals surface area (Å²) >= 11 is 0. The van der Waals surface area contributed by atoms with Crippen molar-refractivity contribution in [1.82, 2.24) is 9.88 Å². The Morgan fingerprint density at radius 1 is 0.926 bits per heavy atom. The average Bonchev–Trinajstić information content (AvgIpc) is 2.72. The molecule has 3 aromatic rings. The quantitative estimate of drug-likeness (QED) is 0.654. The third-order valence-corrected chi connectivity index (χ3v) is 4.93. The Balaban J connectivity index is 1.66. The number of ketones is 1. The Labute approximate surface area is 160 Å². The van der Waals surface area contributed by atoms with Crippen LogP contribution < -0.4 is 0 Å². The number of benzene rings is 2. The van der Waals surface area contributed by atoms with Gasteiger partial charge in [0.25, 0.3) is 0 Å². The normalized spacial score (nSPS) is 19.3. The largest absolute Gasteiger partial charge is 0.294 e. The molecule has 1 aliphatic rings. The Morgan fingerprint density at radius 3 is 2.33 bits per heavy atom. The lowest BCUT2D eigenvalue weighted by atomic mass is 9.86. The van der Waals surface area contributed by atoms with Gasteiger partial charge in [0.2, 0.25) is 0 Å². The summed E-state index contributed by atoms with van der Waals surface area (Å²) in [6, 6.07) is 26.3. The fourth-order valence-electron chi connectivity index (χ4n) is 3.61. The van der Waals surface area contributed by atoms with E-state index in [-0.39, 0.29) is 11.7 Å². The van der Waals surface area contributed by atoms with E-state index in [9.17, 15) is 4.79 Å². The molecule has 0 aliphatic carbocycles. The highest BCUT2D eigenvalue weighted by atomic mass is 16.1. The number of carbonyl (C=O) groups is 1. The van der Waals surface area contributed by atoms with Crippen LogP contribution in [0.4, 0.5) is 0 Å². The predicted octanol–water partition coefficient (Wildman–Crippen LogP) is 4.33. The number of carbonyl (C=O) groups excluding carboxylic acids is 1. The molecular formula is C24H22N2O. The summed E-state index contributed by atoms with van der Waals surface area (Å²) in [4.78, 5) is 19.9. The van der Waals surface area contributed by atoms with Crippen LogP contribution in [0.3, 0.4) is 0 Å². The second-order valence-corrected chi connectivity index (χ2v) is 6.91. The molecule has 2 heterocycles. The highest BCUT2D eigenvalue weighted by Crippen LogP contribution is 2.28. The van der Waals surface area contributed by atoms with E-state index in [1.165, 1.54) is 5.56 Å². The van der Waals surface area contributed by atoms with E-state index in [2.05, 4.69) is 34.1 Å². The van der Waals surface area contributed by atoms with Crippen LogP contribution in [0.5, 0.6) is 0 Å². The molecular weight excluding hydrogens is 332 g/mol.